The molecule has 3 nitrogen and oxygen atoms in total. The lowest BCUT2D eigenvalue weighted by Crippen LogP contribution is -2.27. The standard InChI is InChI=1S/C19H25BrO3/c1-4-13-8-6-10-15(21)18(13)14-9-7-11-16(22-3)19(14)17(12-20)23-5-2/h4,7,9,11,13,17-18H,1,5-6,8,10,12H2,2-3H3/t13-,17+,18-/m1/s1. The van der Waals surface area contributed by atoms with E-state index in [0.717, 1.165) is 29.7 Å². The first-order valence-electron chi connectivity index (χ1n) is 8.17. The molecule has 0 heterocycles. The molecule has 1 aromatic rings. The molecule has 4 heteroatoms. The van der Waals surface area contributed by atoms with Gasteiger partial charge in [-0.25, -0.2) is 0 Å². The molecule has 23 heavy (non-hydrogen) atoms. The fraction of sp³-hybridized carbons (Fsp3) is 0.526. The van der Waals surface area contributed by atoms with E-state index in [2.05, 4.69) is 22.5 Å². The molecule has 0 bridgehead atoms. The maximum absolute atomic E-state index is 12.6. The lowest BCUT2D eigenvalue weighted by molar-refractivity contribution is -0.122. The molecule has 0 aliphatic heterocycles. The number of benzene rings is 1. The number of ketones is 1. The van der Waals surface area contributed by atoms with Gasteiger partial charge in [0.25, 0.3) is 0 Å². The fourth-order valence-electron chi connectivity index (χ4n) is 3.49. The summed E-state index contributed by atoms with van der Waals surface area (Å²) in [6.07, 6.45) is 4.38. The summed E-state index contributed by atoms with van der Waals surface area (Å²) in [7, 11) is 1.66. The van der Waals surface area contributed by atoms with Crippen molar-refractivity contribution in [2.45, 2.75) is 38.2 Å². The summed E-state index contributed by atoms with van der Waals surface area (Å²) >= 11 is 3.54. The molecule has 1 aliphatic carbocycles. The smallest absolute Gasteiger partial charge is 0.140 e. The molecule has 0 N–H and O–H groups in total. The summed E-state index contributed by atoms with van der Waals surface area (Å²) in [6, 6.07) is 5.93. The van der Waals surface area contributed by atoms with Crippen LogP contribution in [0, 0.1) is 5.92 Å². The van der Waals surface area contributed by atoms with Crippen LogP contribution in [0.25, 0.3) is 0 Å². The number of hydrogen-bond acceptors (Lipinski definition) is 3. The molecular formula is C19H25BrO3. The van der Waals surface area contributed by atoms with Gasteiger partial charge in [0.05, 0.1) is 13.2 Å². The van der Waals surface area contributed by atoms with Crippen LogP contribution < -0.4 is 4.74 Å². The topological polar surface area (TPSA) is 35.5 Å². The van der Waals surface area contributed by atoms with Crippen LogP contribution in [0.5, 0.6) is 5.75 Å². The van der Waals surface area contributed by atoms with Gasteiger partial charge in [0.15, 0.2) is 0 Å². The summed E-state index contributed by atoms with van der Waals surface area (Å²) in [5, 5.41) is 0.661. The summed E-state index contributed by atoms with van der Waals surface area (Å²) in [5.41, 5.74) is 2.01. The van der Waals surface area contributed by atoms with Crippen molar-refractivity contribution in [3.63, 3.8) is 0 Å². The Morgan fingerprint density at radius 2 is 2.26 bits per heavy atom. The highest BCUT2D eigenvalue weighted by molar-refractivity contribution is 9.09. The van der Waals surface area contributed by atoms with Gasteiger partial charge < -0.3 is 9.47 Å². The van der Waals surface area contributed by atoms with Crippen LogP contribution >= 0.6 is 15.9 Å². The van der Waals surface area contributed by atoms with Crippen LogP contribution in [0.2, 0.25) is 0 Å². The van der Waals surface area contributed by atoms with E-state index in [1.54, 1.807) is 7.11 Å². The minimum absolute atomic E-state index is 0.133. The van der Waals surface area contributed by atoms with E-state index in [0.29, 0.717) is 24.1 Å². The molecule has 1 aromatic carbocycles. The van der Waals surface area contributed by atoms with E-state index in [-0.39, 0.29) is 17.9 Å². The van der Waals surface area contributed by atoms with Gasteiger partial charge in [-0.3, -0.25) is 4.79 Å². The number of Topliss-reactive ketones (excluding diaryl/α,β-unsaturated/α-hetero) is 1. The molecule has 1 aliphatic rings. The third-order valence-corrected chi connectivity index (χ3v) is 5.11. The molecule has 1 saturated carbocycles. The number of halogens is 1. The third kappa shape index (κ3) is 3.86. The molecule has 126 valence electrons. The maximum atomic E-state index is 12.6. The van der Waals surface area contributed by atoms with Gasteiger partial charge in [0, 0.05) is 29.8 Å². The van der Waals surface area contributed by atoms with Crippen LogP contribution in [0.3, 0.4) is 0 Å². The summed E-state index contributed by atoms with van der Waals surface area (Å²) in [4.78, 5) is 12.6. The number of rotatable bonds is 7. The number of carbonyl (C=O) groups excluding carboxylic acids is 1. The van der Waals surface area contributed by atoms with Crippen LogP contribution in [0.1, 0.15) is 49.3 Å². The van der Waals surface area contributed by atoms with E-state index in [9.17, 15) is 4.79 Å². The van der Waals surface area contributed by atoms with Crippen molar-refractivity contribution in [3.05, 3.63) is 42.0 Å². The Balaban J connectivity index is 2.56. The SMILES string of the molecule is C=C[C@@H]1CCCC(=O)[C@H]1c1cccc(OC)c1[C@H](CBr)OCC. The van der Waals surface area contributed by atoms with Crippen molar-refractivity contribution in [2.75, 3.05) is 19.0 Å². The van der Waals surface area contributed by atoms with E-state index in [1.807, 2.05) is 31.2 Å². The summed E-state index contributed by atoms with van der Waals surface area (Å²) < 4.78 is 11.5. The third-order valence-electron chi connectivity index (χ3n) is 4.52. The van der Waals surface area contributed by atoms with Gasteiger partial charge in [-0.2, -0.15) is 0 Å². The monoisotopic (exact) mass is 380 g/mol. The van der Waals surface area contributed by atoms with Crippen molar-refractivity contribution in [1.29, 1.82) is 0 Å². The first-order valence-corrected chi connectivity index (χ1v) is 9.29. The van der Waals surface area contributed by atoms with Crippen LogP contribution in [0.4, 0.5) is 0 Å². The van der Waals surface area contributed by atoms with Crippen LogP contribution in [0.15, 0.2) is 30.9 Å². The Hall–Kier alpha value is -1.13. The Morgan fingerprint density at radius 3 is 2.87 bits per heavy atom. The van der Waals surface area contributed by atoms with Crippen molar-refractivity contribution < 1.29 is 14.3 Å². The average molecular weight is 381 g/mol. The summed E-state index contributed by atoms with van der Waals surface area (Å²) in [5.74, 6) is 1.11. The average Bonchev–Trinajstić information content (AvgIpc) is 2.58. The molecule has 1 fully saturated rings. The number of allylic oxidation sites excluding steroid dienone is 1. The second kappa shape index (κ2) is 8.65. The van der Waals surface area contributed by atoms with E-state index in [4.69, 9.17) is 9.47 Å². The maximum Gasteiger partial charge on any atom is 0.140 e. The second-order valence-corrected chi connectivity index (χ2v) is 6.44. The first kappa shape index (κ1) is 18.2. The minimum atomic E-state index is -0.145. The first-order chi connectivity index (χ1) is 11.2. The Labute approximate surface area is 147 Å². The number of hydrogen-bond donors (Lipinski definition) is 0. The zero-order valence-corrected chi connectivity index (χ0v) is 15.5. The Morgan fingerprint density at radius 1 is 1.48 bits per heavy atom. The molecule has 2 rings (SSSR count). The van der Waals surface area contributed by atoms with Crippen molar-refractivity contribution in [1.82, 2.24) is 0 Å². The van der Waals surface area contributed by atoms with E-state index < -0.39 is 0 Å². The molecule has 0 spiro atoms. The van der Waals surface area contributed by atoms with Crippen molar-refractivity contribution in [2.24, 2.45) is 5.92 Å². The lowest BCUT2D eigenvalue weighted by Gasteiger charge is -2.32. The van der Waals surface area contributed by atoms with Crippen molar-refractivity contribution in [3.8, 4) is 5.75 Å². The highest BCUT2D eigenvalue weighted by Crippen LogP contribution is 2.42. The van der Waals surface area contributed by atoms with Crippen LogP contribution in [-0.2, 0) is 9.53 Å². The van der Waals surface area contributed by atoms with E-state index >= 15 is 0 Å². The Bertz CT molecular complexity index is 556. The molecular weight excluding hydrogens is 356 g/mol. The second-order valence-electron chi connectivity index (χ2n) is 5.80. The molecule has 0 radical (unpaired) electrons. The molecule has 0 amide bonds. The molecule has 0 unspecified atom stereocenters. The quantitative estimate of drug-likeness (QED) is 0.503. The molecule has 0 saturated heterocycles. The fourth-order valence-corrected chi connectivity index (χ4v) is 4.00. The minimum Gasteiger partial charge on any atom is -0.496 e. The van der Waals surface area contributed by atoms with Gasteiger partial charge in [-0.15, -0.1) is 6.58 Å². The zero-order chi connectivity index (χ0) is 16.8. The number of alkyl halides is 1. The Kier molecular flexibility index (Phi) is 6.85. The highest BCUT2D eigenvalue weighted by atomic mass is 79.9. The van der Waals surface area contributed by atoms with E-state index in [1.165, 1.54) is 0 Å². The number of ether oxygens (including phenoxy) is 2. The summed E-state index contributed by atoms with van der Waals surface area (Å²) in [6.45, 7) is 6.53. The van der Waals surface area contributed by atoms with Gasteiger partial charge in [0.2, 0.25) is 0 Å². The number of carbonyl (C=O) groups is 1. The van der Waals surface area contributed by atoms with Crippen LogP contribution in [-0.4, -0.2) is 24.8 Å². The largest absolute Gasteiger partial charge is 0.496 e. The van der Waals surface area contributed by atoms with Gasteiger partial charge in [-0.05, 0) is 37.3 Å². The molecule has 3 atom stereocenters. The predicted molar refractivity (Wildman–Crippen MR) is 96.4 cm³/mol. The number of methoxy groups -OCH3 is 1. The lowest BCUT2D eigenvalue weighted by atomic mass is 9.73. The van der Waals surface area contributed by atoms with Gasteiger partial charge in [-0.1, -0.05) is 34.1 Å². The normalized spacial score (nSPS) is 22.7. The van der Waals surface area contributed by atoms with Gasteiger partial charge in [0.1, 0.15) is 11.5 Å². The van der Waals surface area contributed by atoms with Crippen molar-refractivity contribution >= 4 is 21.7 Å². The predicted octanol–water partition coefficient (Wildman–Crippen LogP) is 4.81. The highest BCUT2D eigenvalue weighted by Gasteiger charge is 2.35. The van der Waals surface area contributed by atoms with Gasteiger partial charge >= 0.3 is 0 Å². The zero-order valence-electron chi connectivity index (χ0n) is 13.9. The molecule has 0 aromatic heterocycles.